The standard InChI is InChI=1S/C19H25N3O3S/c1-13-9-10-17(11-14(13)2)20-15(3)19(23)21-16-7-6-8-18(12-16)26(24,25)22(4)5/h6-12,15,20H,1-5H3,(H,21,23)/t15-/m1/s1. The number of amides is 1. The lowest BCUT2D eigenvalue weighted by molar-refractivity contribution is -0.116. The Hall–Kier alpha value is -2.38. The van der Waals surface area contributed by atoms with Crippen LogP contribution in [0.2, 0.25) is 0 Å². The first-order valence-electron chi connectivity index (χ1n) is 8.28. The number of carbonyl (C=O) groups excluding carboxylic acids is 1. The number of nitrogens with zero attached hydrogens (tertiary/aromatic N) is 1. The number of aryl methyl sites for hydroxylation is 2. The highest BCUT2D eigenvalue weighted by Crippen LogP contribution is 2.19. The Morgan fingerprint density at radius 3 is 2.31 bits per heavy atom. The van der Waals surface area contributed by atoms with E-state index in [2.05, 4.69) is 10.6 Å². The second kappa shape index (κ2) is 7.88. The average Bonchev–Trinajstić information content (AvgIpc) is 2.58. The fourth-order valence-electron chi connectivity index (χ4n) is 2.34. The molecule has 7 heteroatoms. The van der Waals surface area contributed by atoms with Gasteiger partial charge in [-0.3, -0.25) is 4.79 Å². The number of anilines is 2. The molecule has 0 saturated heterocycles. The van der Waals surface area contributed by atoms with Crippen LogP contribution in [0.4, 0.5) is 11.4 Å². The van der Waals surface area contributed by atoms with Crippen LogP contribution in [-0.2, 0) is 14.8 Å². The molecule has 0 unspecified atom stereocenters. The van der Waals surface area contributed by atoms with Gasteiger partial charge in [-0.05, 0) is 62.2 Å². The maximum atomic E-state index is 12.4. The number of benzene rings is 2. The molecule has 0 radical (unpaired) electrons. The molecule has 0 aromatic heterocycles. The van der Waals surface area contributed by atoms with E-state index in [1.807, 2.05) is 32.0 Å². The molecule has 140 valence electrons. The van der Waals surface area contributed by atoms with Gasteiger partial charge in [0.05, 0.1) is 4.90 Å². The Balaban J connectivity index is 2.10. The predicted octanol–water partition coefficient (Wildman–Crippen LogP) is 2.99. The van der Waals surface area contributed by atoms with Gasteiger partial charge in [-0.15, -0.1) is 0 Å². The molecular weight excluding hydrogens is 350 g/mol. The van der Waals surface area contributed by atoms with Crippen LogP contribution in [0.15, 0.2) is 47.4 Å². The molecule has 2 rings (SSSR count). The Morgan fingerprint density at radius 2 is 1.69 bits per heavy atom. The van der Waals surface area contributed by atoms with Crippen molar-refractivity contribution in [2.75, 3.05) is 24.7 Å². The van der Waals surface area contributed by atoms with E-state index >= 15 is 0 Å². The van der Waals surface area contributed by atoms with Crippen LogP contribution in [0.5, 0.6) is 0 Å². The number of sulfonamides is 1. The topological polar surface area (TPSA) is 78.5 Å². The summed E-state index contributed by atoms with van der Waals surface area (Å²) in [5.74, 6) is -0.248. The summed E-state index contributed by atoms with van der Waals surface area (Å²) in [7, 11) is -0.610. The molecule has 6 nitrogen and oxygen atoms in total. The van der Waals surface area contributed by atoms with E-state index in [9.17, 15) is 13.2 Å². The summed E-state index contributed by atoms with van der Waals surface area (Å²) < 4.78 is 25.5. The van der Waals surface area contributed by atoms with Gasteiger partial charge < -0.3 is 10.6 Å². The zero-order valence-electron chi connectivity index (χ0n) is 15.7. The minimum absolute atomic E-state index is 0.134. The smallest absolute Gasteiger partial charge is 0.246 e. The van der Waals surface area contributed by atoms with Crippen molar-refractivity contribution in [3.63, 3.8) is 0 Å². The summed E-state index contributed by atoms with van der Waals surface area (Å²) in [6.07, 6.45) is 0. The second-order valence-electron chi connectivity index (χ2n) is 6.47. The van der Waals surface area contributed by atoms with E-state index in [1.165, 1.54) is 31.8 Å². The lowest BCUT2D eigenvalue weighted by Gasteiger charge is -2.17. The largest absolute Gasteiger partial charge is 0.374 e. The molecular formula is C19H25N3O3S. The third kappa shape index (κ3) is 4.62. The van der Waals surface area contributed by atoms with Gasteiger partial charge in [0.1, 0.15) is 6.04 Å². The summed E-state index contributed by atoms with van der Waals surface area (Å²) in [6, 6.07) is 11.7. The number of hydrogen-bond acceptors (Lipinski definition) is 4. The van der Waals surface area contributed by atoms with Crippen LogP contribution in [0.3, 0.4) is 0 Å². The SMILES string of the molecule is Cc1ccc(N[C@H](C)C(=O)Nc2cccc(S(=O)(=O)N(C)C)c2)cc1C. The maximum Gasteiger partial charge on any atom is 0.246 e. The van der Waals surface area contributed by atoms with Crippen LogP contribution in [-0.4, -0.2) is 38.8 Å². The van der Waals surface area contributed by atoms with Crippen LogP contribution in [0, 0.1) is 13.8 Å². The Morgan fingerprint density at radius 1 is 1.00 bits per heavy atom. The van der Waals surface area contributed by atoms with Gasteiger partial charge in [0.2, 0.25) is 15.9 Å². The molecule has 0 saturated carbocycles. The maximum absolute atomic E-state index is 12.4. The molecule has 0 aliphatic carbocycles. The van der Waals surface area contributed by atoms with Gasteiger partial charge in [0, 0.05) is 25.5 Å². The predicted molar refractivity (Wildman–Crippen MR) is 105 cm³/mol. The molecule has 2 aromatic carbocycles. The van der Waals surface area contributed by atoms with Crippen molar-refractivity contribution in [3.8, 4) is 0 Å². The van der Waals surface area contributed by atoms with Crippen molar-refractivity contribution < 1.29 is 13.2 Å². The summed E-state index contributed by atoms with van der Waals surface area (Å²) in [5.41, 5.74) is 3.63. The summed E-state index contributed by atoms with van der Waals surface area (Å²) in [5, 5.41) is 5.91. The molecule has 0 aliphatic heterocycles. The lowest BCUT2D eigenvalue weighted by Crippen LogP contribution is -2.32. The van der Waals surface area contributed by atoms with Crippen LogP contribution < -0.4 is 10.6 Å². The number of hydrogen-bond donors (Lipinski definition) is 2. The Bertz CT molecular complexity index is 908. The van der Waals surface area contributed by atoms with Gasteiger partial charge in [-0.1, -0.05) is 12.1 Å². The van der Waals surface area contributed by atoms with E-state index in [4.69, 9.17) is 0 Å². The third-order valence-electron chi connectivity index (χ3n) is 4.16. The molecule has 1 atom stereocenters. The molecule has 0 spiro atoms. The van der Waals surface area contributed by atoms with Crippen LogP contribution in [0.25, 0.3) is 0 Å². The van der Waals surface area contributed by atoms with E-state index in [0.29, 0.717) is 5.69 Å². The van der Waals surface area contributed by atoms with Gasteiger partial charge in [-0.25, -0.2) is 12.7 Å². The van der Waals surface area contributed by atoms with Crippen molar-refractivity contribution in [1.82, 2.24) is 4.31 Å². The zero-order valence-corrected chi connectivity index (χ0v) is 16.5. The second-order valence-corrected chi connectivity index (χ2v) is 8.62. The van der Waals surface area contributed by atoms with Gasteiger partial charge >= 0.3 is 0 Å². The first kappa shape index (κ1) is 19.9. The Kier molecular flexibility index (Phi) is 6.05. The van der Waals surface area contributed by atoms with E-state index in [0.717, 1.165) is 15.6 Å². The zero-order chi connectivity index (χ0) is 19.5. The summed E-state index contributed by atoms with van der Waals surface area (Å²) in [6.45, 7) is 5.80. The highest BCUT2D eigenvalue weighted by atomic mass is 32.2. The van der Waals surface area contributed by atoms with Crippen LogP contribution in [0.1, 0.15) is 18.1 Å². The third-order valence-corrected chi connectivity index (χ3v) is 5.97. The highest BCUT2D eigenvalue weighted by molar-refractivity contribution is 7.89. The molecule has 0 fully saturated rings. The van der Waals surface area contributed by atoms with Gasteiger partial charge in [0.25, 0.3) is 0 Å². The van der Waals surface area contributed by atoms with Crippen molar-refractivity contribution >= 4 is 27.3 Å². The fourth-order valence-corrected chi connectivity index (χ4v) is 3.29. The summed E-state index contributed by atoms with van der Waals surface area (Å²) >= 11 is 0. The first-order valence-corrected chi connectivity index (χ1v) is 9.72. The normalized spacial score (nSPS) is 12.7. The van der Waals surface area contributed by atoms with E-state index in [1.54, 1.807) is 19.1 Å². The number of nitrogens with one attached hydrogen (secondary N) is 2. The molecule has 0 aliphatic rings. The van der Waals surface area contributed by atoms with E-state index in [-0.39, 0.29) is 10.8 Å². The van der Waals surface area contributed by atoms with Gasteiger partial charge in [0.15, 0.2) is 0 Å². The summed E-state index contributed by atoms with van der Waals surface area (Å²) in [4.78, 5) is 12.6. The first-order chi connectivity index (χ1) is 12.1. The monoisotopic (exact) mass is 375 g/mol. The van der Waals surface area contributed by atoms with Gasteiger partial charge in [-0.2, -0.15) is 0 Å². The molecule has 2 aromatic rings. The Labute approximate surface area is 155 Å². The van der Waals surface area contributed by atoms with Crippen molar-refractivity contribution in [1.29, 1.82) is 0 Å². The minimum Gasteiger partial charge on any atom is -0.374 e. The lowest BCUT2D eigenvalue weighted by atomic mass is 10.1. The van der Waals surface area contributed by atoms with Crippen molar-refractivity contribution in [2.24, 2.45) is 0 Å². The molecule has 0 bridgehead atoms. The number of carbonyl (C=O) groups is 1. The quantitative estimate of drug-likeness (QED) is 0.814. The van der Waals surface area contributed by atoms with E-state index < -0.39 is 16.1 Å². The molecule has 0 heterocycles. The highest BCUT2D eigenvalue weighted by Gasteiger charge is 2.18. The van der Waals surface area contributed by atoms with Crippen molar-refractivity contribution in [2.45, 2.75) is 31.7 Å². The number of rotatable bonds is 6. The van der Waals surface area contributed by atoms with Crippen molar-refractivity contribution in [3.05, 3.63) is 53.6 Å². The molecule has 26 heavy (non-hydrogen) atoms. The molecule has 1 amide bonds. The minimum atomic E-state index is -3.55. The van der Waals surface area contributed by atoms with Crippen LogP contribution >= 0.6 is 0 Å². The molecule has 2 N–H and O–H groups in total. The average molecular weight is 375 g/mol. The fraction of sp³-hybridized carbons (Fsp3) is 0.316.